The smallest absolute Gasteiger partial charge is 0.270 e. The Labute approximate surface area is 124 Å². The van der Waals surface area contributed by atoms with Crippen LogP contribution in [0.3, 0.4) is 0 Å². The molecule has 20 heavy (non-hydrogen) atoms. The summed E-state index contributed by atoms with van der Waals surface area (Å²) < 4.78 is 0.492. The van der Waals surface area contributed by atoms with Gasteiger partial charge in [0.1, 0.15) is 0 Å². The van der Waals surface area contributed by atoms with Crippen molar-refractivity contribution in [2.24, 2.45) is 0 Å². The zero-order valence-electron chi connectivity index (χ0n) is 10.7. The van der Waals surface area contributed by atoms with Gasteiger partial charge < -0.3 is 10.4 Å². The molecule has 1 saturated carbocycles. The summed E-state index contributed by atoms with van der Waals surface area (Å²) in [6.45, 7) is 0. The molecule has 0 aromatic heterocycles. The first-order valence-corrected chi connectivity index (χ1v) is 7.21. The van der Waals surface area contributed by atoms with E-state index in [1.807, 2.05) is 0 Å². The van der Waals surface area contributed by atoms with Crippen molar-refractivity contribution < 1.29 is 14.8 Å². The molecule has 2 atom stereocenters. The van der Waals surface area contributed by atoms with Crippen molar-refractivity contribution in [2.45, 2.75) is 37.8 Å². The lowest BCUT2D eigenvalue weighted by Gasteiger charge is -2.28. The van der Waals surface area contributed by atoms with Gasteiger partial charge in [0.15, 0.2) is 0 Å². The third kappa shape index (κ3) is 3.34. The van der Waals surface area contributed by atoms with Crippen molar-refractivity contribution in [1.29, 1.82) is 0 Å². The number of rotatable bonds is 3. The number of nitro groups is 1. The number of carbonyl (C=O) groups is 1. The fourth-order valence-corrected chi connectivity index (χ4v) is 2.75. The van der Waals surface area contributed by atoms with Crippen molar-refractivity contribution in [3.8, 4) is 0 Å². The van der Waals surface area contributed by atoms with Gasteiger partial charge in [0, 0.05) is 16.6 Å². The number of hydrogen-bond acceptors (Lipinski definition) is 4. The van der Waals surface area contributed by atoms with Gasteiger partial charge in [0.2, 0.25) is 0 Å². The lowest BCUT2D eigenvalue weighted by molar-refractivity contribution is -0.384. The molecule has 7 heteroatoms. The summed E-state index contributed by atoms with van der Waals surface area (Å²) in [6.07, 6.45) is 2.75. The van der Waals surface area contributed by atoms with Crippen LogP contribution in [0.5, 0.6) is 0 Å². The molecule has 0 bridgehead atoms. The maximum atomic E-state index is 12.2. The van der Waals surface area contributed by atoms with Crippen LogP contribution in [0.1, 0.15) is 36.0 Å². The second kappa shape index (κ2) is 6.32. The molecule has 0 radical (unpaired) electrons. The quantitative estimate of drug-likeness (QED) is 0.651. The molecule has 1 amide bonds. The normalized spacial score (nSPS) is 22.3. The molecule has 1 fully saturated rings. The molecule has 2 rings (SSSR count). The number of aliphatic hydroxyl groups excluding tert-OH is 1. The standard InChI is InChI=1S/C13H15BrN2O4/c14-10-6-5-8(16(19)20)7-9(10)13(18)15-11-3-1-2-4-12(11)17/h5-7,11-12,17H,1-4H2,(H,15,18). The number of non-ortho nitro benzene ring substituents is 1. The number of hydrogen-bond donors (Lipinski definition) is 2. The number of benzene rings is 1. The van der Waals surface area contributed by atoms with Crippen molar-refractivity contribution in [3.05, 3.63) is 38.3 Å². The van der Waals surface area contributed by atoms with E-state index in [0.717, 1.165) is 19.3 Å². The number of amides is 1. The third-order valence-electron chi connectivity index (χ3n) is 3.45. The Morgan fingerprint density at radius 1 is 1.40 bits per heavy atom. The van der Waals surface area contributed by atoms with E-state index >= 15 is 0 Å². The maximum absolute atomic E-state index is 12.2. The molecule has 1 aliphatic carbocycles. The molecule has 108 valence electrons. The van der Waals surface area contributed by atoms with Crippen LogP contribution in [-0.4, -0.2) is 28.1 Å². The van der Waals surface area contributed by atoms with Crippen LogP contribution in [0.4, 0.5) is 5.69 Å². The van der Waals surface area contributed by atoms with Crippen LogP contribution in [0.15, 0.2) is 22.7 Å². The maximum Gasteiger partial charge on any atom is 0.270 e. The van der Waals surface area contributed by atoms with Crippen LogP contribution in [-0.2, 0) is 0 Å². The number of aliphatic hydroxyl groups is 1. The lowest BCUT2D eigenvalue weighted by atomic mass is 9.92. The fraction of sp³-hybridized carbons (Fsp3) is 0.462. The predicted octanol–water partition coefficient (Wildman–Crippen LogP) is 2.39. The van der Waals surface area contributed by atoms with Gasteiger partial charge in [-0.3, -0.25) is 14.9 Å². The molecule has 0 heterocycles. The van der Waals surface area contributed by atoms with Crippen molar-refractivity contribution in [1.82, 2.24) is 5.32 Å². The van der Waals surface area contributed by atoms with Gasteiger partial charge in [-0.15, -0.1) is 0 Å². The SMILES string of the molecule is O=C(NC1CCCCC1O)c1cc([N+](=O)[O-])ccc1Br. The van der Waals surface area contributed by atoms with Gasteiger partial charge in [-0.25, -0.2) is 0 Å². The molecule has 0 spiro atoms. The largest absolute Gasteiger partial charge is 0.391 e. The van der Waals surface area contributed by atoms with Gasteiger partial charge in [0.25, 0.3) is 11.6 Å². The predicted molar refractivity (Wildman–Crippen MR) is 76.5 cm³/mol. The minimum atomic E-state index is -0.551. The van der Waals surface area contributed by atoms with Crippen LogP contribution in [0.25, 0.3) is 0 Å². The van der Waals surface area contributed by atoms with Gasteiger partial charge in [-0.05, 0) is 34.8 Å². The summed E-state index contributed by atoms with van der Waals surface area (Å²) in [5.41, 5.74) is 0.0690. The van der Waals surface area contributed by atoms with Gasteiger partial charge >= 0.3 is 0 Å². The van der Waals surface area contributed by atoms with Crippen LogP contribution < -0.4 is 5.32 Å². The minimum absolute atomic E-state index is 0.137. The molecule has 2 N–H and O–H groups in total. The number of nitro benzene ring substituents is 1. The summed E-state index contributed by atoms with van der Waals surface area (Å²) in [5, 5.41) is 23.3. The Morgan fingerprint density at radius 3 is 2.75 bits per heavy atom. The Bertz CT molecular complexity index is 535. The first-order valence-electron chi connectivity index (χ1n) is 6.42. The van der Waals surface area contributed by atoms with Gasteiger partial charge in [-0.1, -0.05) is 12.8 Å². The molecule has 0 aliphatic heterocycles. The highest BCUT2D eigenvalue weighted by Crippen LogP contribution is 2.24. The van der Waals surface area contributed by atoms with E-state index < -0.39 is 16.9 Å². The van der Waals surface area contributed by atoms with Crippen LogP contribution in [0.2, 0.25) is 0 Å². The van der Waals surface area contributed by atoms with Crippen molar-refractivity contribution in [3.63, 3.8) is 0 Å². The zero-order chi connectivity index (χ0) is 14.7. The van der Waals surface area contributed by atoms with Gasteiger partial charge in [-0.2, -0.15) is 0 Å². The topological polar surface area (TPSA) is 92.5 Å². The van der Waals surface area contributed by atoms with E-state index in [-0.39, 0.29) is 17.3 Å². The highest BCUT2D eigenvalue weighted by molar-refractivity contribution is 9.10. The van der Waals surface area contributed by atoms with E-state index in [2.05, 4.69) is 21.2 Å². The number of nitrogens with zero attached hydrogens (tertiary/aromatic N) is 1. The molecule has 1 aromatic rings. The first-order chi connectivity index (χ1) is 9.49. The molecular weight excluding hydrogens is 328 g/mol. The van der Waals surface area contributed by atoms with E-state index in [4.69, 9.17) is 0 Å². The van der Waals surface area contributed by atoms with Crippen LogP contribution in [0, 0.1) is 10.1 Å². The Morgan fingerprint density at radius 2 is 2.10 bits per heavy atom. The van der Waals surface area contributed by atoms with E-state index in [1.54, 1.807) is 0 Å². The summed E-state index contributed by atoms with van der Waals surface area (Å²) in [5.74, 6) is -0.411. The number of carbonyl (C=O) groups excluding carboxylic acids is 1. The van der Waals surface area contributed by atoms with Gasteiger partial charge in [0.05, 0.1) is 22.6 Å². The molecular formula is C13H15BrN2O4. The molecule has 0 saturated heterocycles. The number of halogens is 1. The Balaban J connectivity index is 2.16. The molecule has 2 unspecified atom stereocenters. The zero-order valence-corrected chi connectivity index (χ0v) is 12.3. The summed E-state index contributed by atoms with van der Waals surface area (Å²) in [7, 11) is 0. The number of nitrogens with one attached hydrogen (secondary N) is 1. The molecule has 6 nitrogen and oxygen atoms in total. The van der Waals surface area contributed by atoms with Crippen molar-refractivity contribution >= 4 is 27.5 Å². The monoisotopic (exact) mass is 342 g/mol. The Kier molecular flexibility index (Phi) is 4.72. The third-order valence-corrected chi connectivity index (χ3v) is 4.14. The first kappa shape index (κ1) is 14.9. The molecule has 1 aromatic carbocycles. The van der Waals surface area contributed by atoms with E-state index in [0.29, 0.717) is 10.9 Å². The second-order valence-corrected chi connectivity index (χ2v) is 5.71. The highest BCUT2D eigenvalue weighted by atomic mass is 79.9. The van der Waals surface area contributed by atoms with Crippen molar-refractivity contribution in [2.75, 3.05) is 0 Å². The lowest BCUT2D eigenvalue weighted by Crippen LogP contribution is -2.45. The van der Waals surface area contributed by atoms with E-state index in [9.17, 15) is 20.0 Å². The average Bonchev–Trinajstić information content (AvgIpc) is 2.41. The second-order valence-electron chi connectivity index (χ2n) is 4.85. The summed E-state index contributed by atoms with van der Waals surface area (Å²) in [4.78, 5) is 22.4. The summed E-state index contributed by atoms with van der Waals surface area (Å²) >= 11 is 3.21. The highest BCUT2D eigenvalue weighted by Gasteiger charge is 2.26. The summed E-state index contributed by atoms with van der Waals surface area (Å²) in [6, 6.07) is 3.75. The van der Waals surface area contributed by atoms with E-state index in [1.165, 1.54) is 18.2 Å². The molecule has 1 aliphatic rings. The average molecular weight is 343 g/mol. The minimum Gasteiger partial charge on any atom is -0.391 e. The Hall–Kier alpha value is -1.47. The van der Waals surface area contributed by atoms with Crippen LogP contribution >= 0.6 is 15.9 Å². The fourth-order valence-electron chi connectivity index (χ4n) is 2.33.